The third-order valence-corrected chi connectivity index (χ3v) is 4.76. The number of rotatable bonds is 2. The van der Waals surface area contributed by atoms with Crippen LogP contribution in [0.5, 0.6) is 0 Å². The molecule has 2 fully saturated rings. The quantitative estimate of drug-likeness (QED) is 0.840. The molecule has 3 heterocycles. The Morgan fingerprint density at radius 2 is 1.86 bits per heavy atom. The minimum absolute atomic E-state index is 0.344. The van der Waals surface area contributed by atoms with Gasteiger partial charge < -0.3 is 9.64 Å². The molecule has 1 aromatic rings. The molecule has 0 bridgehead atoms. The molecule has 0 amide bonds. The number of morpholine rings is 1. The number of nitrogens with zero attached hydrogens (tertiary/aromatic N) is 3. The Morgan fingerprint density at radius 1 is 1.19 bits per heavy atom. The van der Waals surface area contributed by atoms with Gasteiger partial charge in [0.15, 0.2) is 0 Å². The summed E-state index contributed by atoms with van der Waals surface area (Å²) < 4.78 is 5.83. The Morgan fingerprint density at radius 3 is 2.48 bits per heavy atom. The number of pyridine rings is 1. The second-order valence-electron chi connectivity index (χ2n) is 6.24. The molecule has 0 radical (unpaired) electrons. The topological polar surface area (TPSA) is 28.6 Å². The molecule has 2 aliphatic rings. The van der Waals surface area contributed by atoms with Crippen molar-refractivity contribution in [3.8, 4) is 0 Å². The Balaban J connectivity index is 1.59. The van der Waals surface area contributed by atoms with Crippen LogP contribution in [0.4, 0.5) is 5.82 Å². The van der Waals surface area contributed by atoms with Crippen molar-refractivity contribution in [1.82, 2.24) is 9.88 Å². The first-order valence-electron chi connectivity index (χ1n) is 7.88. The summed E-state index contributed by atoms with van der Waals surface area (Å²) in [4.78, 5) is 9.34. The fraction of sp³-hybridized carbons (Fsp3) is 0.688. The van der Waals surface area contributed by atoms with Crippen molar-refractivity contribution in [2.75, 3.05) is 31.1 Å². The Kier molecular flexibility index (Phi) is 4.67. The third-order valence-electron chi connectivity index (χ3n) is 4.47. The molecule has 0 unspecified atom stereocenters. The average molecular weight is 310 g/mol. The van der Waals surface area contributed by atoms with Crippen LogP contribution in [0.15, 0.2) is 18.3 Å². The molecule has 116 valence electrons. The van der Waals surface area contributed by atoms with Crippen LogP contribution in [0.2, 0.25) is 5.02 Å². The zero-order chi connectivity index (χ0) is 14.8. The fourth-order valence-electron chi connectivity index (χ4n) is 3.57. The van der Waals surface area contributed by atoms with Crippen molar-refractivity contribution < 1.29 is 4.74 Å². The van der Waals surface area contributed by atoms with Gasteiger partial charge in [0, 0.05) is 38.4 Å². The molecule has 2 atom stereocenters. The van der Waals surface area contributed by atoms with Gasteiger partial charge in [-0.3, -0.25) is 4.90 Å². The lowest BCUT2D eigenvalue weighted by molar-refractivity contribution is -0.0826. The minimum atomic E-state index is 0.344. The highest BCUT2D eigenvalue weighted by atomic mass is 35.5. The van der Waals surface area contributed by atoms with Crippen molar-refractivity contribution >= 4 is 17.4 Å². The van der Waals surface area contributed by atoms with E-state index in [0.29, 0.717) is 18.2 Å². The largest absolute Gasteiger partial charge is 0.373 e. The van der Waals surface area contributed by atoms with Gasteiger partial charge >= 0.3 is 0 Å². The molecule has 4 nitrogen and oxygen atoms in total. The lowest BCUT2D eigenvalue weighted by Crippen LogP contribution is -2.53. The van der Waals surface area contributed by atoms with Crippen LogP contribution in [-0.4, -0.2) is 54.3 Å². The third kappa shape index (κ3) is 3.50. The fourth-order valence-corrected chi connectivity index (χ4v) is 3.81. The maximum Gasteiger partial charge on any atom is 0.147 e. The van der Waals surface area contributed by atoms with E-state index in [4.69, 9.17) is 16.3 Å². The predicted octanol–water partition coefficient (Wildman–Crippen LogP) is 2.81. The van der Waals surface area contributed by atoms with Crippen LogP contribution in [0, 0.1) is 0 Å². The van der Waals surface area contributed by atoms with E-state index in [1.54, 1.807) is 0 Å². The maximum atomic E-state index is 6.25. The molecule has 2 saturated heterocycles. The van der Waals surface area contributed by atoms with Gasteiger partial charge in [0.25, 0.3) is 0 Å². The molecule has 1 aromatic heterocycles. The summed E-state index contributed by atoms with van der Waals surface area (Å²) >= 11 is 6.25. The van der Waals surface area contributed by atoms with Gasteiger partial charge in [-0.1, -0.05) is 11.6 Å². The molecule has 0 N–H and O–H groups in total. The highest BCUT2D eigenvalue weighted by molar-refractivity contribution is 6.32. The molecule has 2 aliphatic heterocycles. The summed E-state index contributed by atoms with van der Waals surface area (Å²) in [6.45, 7) is 8.51. The molecule has 0 saturated carbocycles. The first kappa shape index (κ1) is 15.1. The SMILES string of the molecule is C[C@@H]1CN(C2CCN(c3ncccc3Cl)CC2)C[C@H](C)O1. The molecular weight excluding hydrogens is 286 g/mol. The molecule has 0 aromatic carbocycles. The number of aromatic nitrogens is 1. The highest BCUT2D eigenvalue weighted by Gasteiger charge is 2.30. The van der Waals surface area contributed by atoms with Crippen LogP contribution in [0.1, 0.15) is 26.7 Å². The normalized spacial score (nSPS) is 28.8. The summed E-state index contributed by atoms with van der Waals surface area (Å²) in [5.41, 5.74) is 0. The van der Waals surface area contributed by atoms with Gasteiger partial charge in [-0.2, -0.15) is 0 Å². The number of ether oxygens (including phenoxy) is 1. The number of hydrogen-bond donors (Lipinski definition) is 0. The number of piperidine rings is 1. The average Bonchev–Trinajstić information content (AvgIpc) is 2.47. The van der Waals surface area contributed by atoms with Crippen LogP contribution in [0.25, 0.3) is 0 Å². The minimum Gasteiger partial charge on any atom is -0.373 e. The first-order chi connectivity index (χ1) is 10.1. The first-order valence-corrected chi connectivity index (χ1v) is 8.26. The summed E-state index contributed by atoms with van der Waals surface area (Å²) in [5.74, 6) is 0.932. The van der Waals surface area contributed by atoms with Gasteiger partial charge in [-0.15, -0.1) is 0 Å². The maximum absolute atomic E-state index is 6.25. The smallest absolute Gasteiger partial charge is 0.147 e. The van der Waals surface area contributed by atoms with Crippen LogP contribution in [0.3, 0.4) is 0 Å². The number of hydrogen-bond acceptors (Lipinski definition) is 4. The zero-order valence-corrected chi connectivity index (χ0v) is 13.6. The Labute approximate surface area is 132 Å². The second-order valence-corrected chi connectivity index (χ2v) is 6.65. The monoisotopic (exact) mass is 309 g/mol. The van der Waals surface area contributed by atoms with Crippen LogP contribution in [-0.2, 0) is 4.74 Å². The van der Waals surface area contributed by atoms with Gasteiger partial charge in [0.2, 0.25) is 0 Å². The molecular formula is C16H24ClN3O. The van der Waals surface area contributed by atoms with E-state index >= 15 is 0 Å². The van der Waals surface area contributed by atoms with Crippen molar-refractivity contribution in [1.29, 1.82) is 0 Å². The second kappa shape index (κ2) is 6.51. The molecule has 0 aliphatic carbocycles. The summed E-state index contributed by atoms with van der Waals surface area (Å²) in [6.07, 6.45) is 4.85. The van der Waals surface area contributed by atoms with E-state index in [-0.39, 0.29) is 0 Å². The van der Waals surface area contributed by atoms with E-state index in [2.05, 4.69) is 28.6 Å². The summed E-state index contributed by atoms with van der Waals surface area (Å²) in [7, 11) is 0. The standard InChI is InChI=1S/C16H24ClN3O/c1-12-10-20(11-13(2)21-12)14-5-8-19(9-6-14)16-15(17)4-3-7-18-16/h3-4,7,12-14H,5-6,8-11H2,1-2H3/t12-,13+. The van der Waals surface area contributed by atoms with Gasteiger partial charge in [0.1, 0.15) is 5.82 Å². The highest BCUT2D eigenvalue weighted by Crippen LogP contribution is 2.27. The molecule has 3 rings (SSSR count). The molecule has 5 heteroatoms. The molecule has 0 spiro atoms. The zero-order valence-electron chi connectivity index (χ0n) is 12.8. The van der Waals surface area contributed by atoms with Crippen LogP contribution >= 0.6 is 11.6 Å². The van der Waals surface area contributed by atoms with E-state index in [1.807, 2.05) is 18.3 Å². The summed E-state index contributed by atoms with van der Waals surface area (Å²) in [5, 5.41) is 0.754. The Bertz CT molecular complexity index is 466. The number of anilines is 1. The van der Waals surface area contributed by atoms with E-state index in [1.165, 1.54) is 12.8 Å². The lowest BCUT2D eigenvalue weighted by Gasteiger charge is -2.43. The Hall–Kier alpha value is -0.840. The van der Waals surface area contributed by atoms with Crippen molar-refractivity contribution in [2.45, 2.75) is 44.9 Å². The number of halogens is 1. The van der Waals surface area contributed by atoms with Crippen molar-refractivity contribution in [3.63, 3.8) is 0 Å². The molecule has 21 heavy (non-hydrogen) atoms. The summed E-state index contributed by atoms with van der Waals surface area (Å²) in [6, 6.07) is 4.47. The predicted molar refractivity (Wildman–Crippen MR) is 86.1 cm³/mol. The van der Waals surface area contributed by atoms with Crippen molar-refractivity contribution in [3.05, 3.63) is 23.4 Å². The van der Waals surface area contributed by atoms with Gasteiger partial charge in [0.05, 0.1) is 17.2 Å². The van der Waals surface area contributed by atoms with Crippen LogP contribution < -0.4 is 4.90 Å². The van der Waals surface area contributed by atoms with E-state index in [0.717, 1.165) is 37.0 Å². The van der Waals surface area contributed by atoms with E-state index in [9.17, 15) is 0 Å². The lowest BCUT2D eigenvalue weighted by atomic mass is 10.0. The van der Waals surface area contributed by atoms with E-state index < -0.39 is 0 Å². The van der Waals surface area contributed by atoms with Gasteiger partial charge in [-0.05, 0) is 38.8 Å². The van der Waals surface area contributed by atoms with Gasteiger partial charge in [-0.25, -0.2) is 4.98 Å². The van der Waals surface area contributed by atoms with Crippen molar-refractivity contribution in [2.24, 2.45) is 0 Å².